The van der Waals surface area contributed by atoms with Crippen molar-refractivity contribution in [3.05, 3.63) is 59.9 Å². The number of amides is 1. The zero-order chi connectivity index (χ0) is 17.5. The quantitative estimate of drug-likeness (QED) is 0.831. The summed E-state index contributed by atoms with van der Waals surface area (Å²) in [6.45, 7) is 1.04. The van der Waals surface area contributed by atoms with E-state index >= 15 is 0 Å². The van der Waals surface area contributed by atoms with Crippen molar-refractivity contribution < 1.29 is 19.4 Å². The molecular formula is C19H22N2O4. The van der Waals surface area contributed by atoms with Crippen LogP contribution in [0.3, 0.4) is 0 Å². The minimum atomic E-state index is -0.194. The highest BCUT2D eigenvalue weighted by Gasteiger charge is 2.29. The molecule has 3 rings (SSSR count). The average molecular weight is 342 g/mol. The Labute approximate surface area is 146 Å². The molecule has 2 aromatic rings. The van der Waals surface area contributed by atoms with E-state index in [0.717, 1.165) is 16.9 Å². The zero-order valence-corrected chi connectivity index (χ0v) is 13.9. The van der Waals surface area contributed by atoms with E-state index in [1.54, 1.807) is 12.4 Å². The molecule has 1 aliphatic rings. The van der Waals surface area contributed by atoms with Gasteiger partial charge in [0.2, 0.25) is 5.91 Å². The van der Waals surface area contributed by atoms with Gasteiger partial charge in [0.25, 0.3) is 0 Å². The van der Waals surface area contributed by atoms with E-state index < -0.39 is 0 Å². The number of rotatable bonds is 6. The Hall–Kier alpha value is -2.44. The maximum Gasteiger partial charge on any atom is 0.224 e. The Morgan fingerprint density at radius 1 is 1.20 bits per heavy atom. The maximum absolute atomic E-state index is 12.3. The number of nitrogens with zero attached hydrogens (tertiary/aromatic N) is 1. The van der Waals surface area contributed by atoms with Crippen molar-refractivity contribution in [3.8, 4) is 5.75 Å². The Balaban J connectivity index is 1.59. The molecule has 1 aliphatic heterocycles. The molecule has 0 unspecified atom stereocenters. The smallest absolute Gasteiger partial charge is 0.224 e. The predicted molar refractivity (Wildman–Crippen MR) is 92.1 cm³/mol. The number of carbonyl (C=O) groups excluding carboxylic acids is 1. The number of nitrogens with one attached hydrogen (secondary N) is 1. The van der Waals surface area contributed by atoms with Gasteiger partial charge in [0.05, 0.1) is 32.3 Å². The van der Waals surface area contributed by atoms with Crippen molar-refractivity contribution in [2.24, 2.45) is 0 Å². The molecule has 1 fully saturated rings. The largest absolute Gasteiger partial charge is 0.488 e. The number of hydrogen-bond donors (Lipinski definition) is 2. The van der Waals surface area contributed by atoms with Gasteiger partial charge in [0.1, 0.15) is 11.9 Å². The van der Waals surface area contributed by atoms with Gasteiger partial charge < -0.3 is 19.9 Å². The third-order valence-corrected chi connectivity index (χ3v) is 4.15. The lowest BCUT2D eigenvalue weighted by Crippen LogP contribution is -2.52. The molecule has 0 saturated carbocycles. The molecule has 1 aromatic carbocycles. The number of carbonyl (C=O) groups is 1. The highest BCUT2D eigenvalue weighted by Crippen LogP contribution is 2.19. The fraction of sp³-hybridized carbons (Fsp3) is 0.368. The zero-order valence-electron chi connectivity index (χ0n) is 13.9. The van der Waals surface area contributed by atoms with Gasteiger partial charge in [-0.2, -0.15) is 0 Å². The van der Waals surface area contributed by atoms with Crippen molar-refractivity contribution in [1.29, 1.82) is 0 Å². The molecule has 25 heavy (non-hydrogen) atoms. The van der Waals surface area contributed by atoms with Gasteiger partial charge >= 0.3 is 0 Å². The second-order valence-electron chi connectivity index (χ2n) is 6.03. The number of pyridine rings is 1. The van der Waals surface area contributed by atoms with Crippen molar-refractivity contribution in [2.45, 2.75) is 31.6 Å². The lowest BCUT2D eigenvalue weighted by atomic mass is 10.1. The maximum atomic E-state index is 12.3. The van der Waals surface area contributed by atoms with E-state index in [-0.39, 0.29) is 24.7 Å². The summed E-state index contributed by atoms with van der Waals surface area (Å²) in [7, 11) is 0. The number of hydrogen-bond acceptors (Lipinski definition) is 5. The van der Waals surface area contributed by atoms with Crippen LogP contribution in [0.5, 0.6) is 5.75 Å². The van der Waals surface area contributed by atoms with E-state index in [0.29, 0.717) is 26.1 Å². The van der Waals surface area contributed by atoms with E-state index in [1.807, 2.05) is 36.4 Å². The fourth-order valence-electron chi connectivity index (χ4n) is 2.79. The SMILES string of the molecule is O=C(Cc1ccncc1)N[C@@H]1COCC[C@H]1Oc1ccc(CO)cc1. The van der Waals surface area contributed by atoms with E-state index in [1.165, 1.54) is 0 Å². The Morgan fingerprint density at radius 2 is 1.96 bits per heavy atom. The first-order chi connectivity index (χ1) is 12.2. The highest BCUT2D eigenvalue weighted by molar-refractivity contribution is 5.78. The molecule has 0 radical (unpaired) electrons. The summed E-state index contributed by atoms with van der Waals surface area (Å²) >= 11 is 0. The Morgan fingerprint density at radius 3 is 2.68 bits per heavy atom. The average Bonchev–Trinajstić information content (AvgIpc) is 2.65. The molecule has 0 spiro atoms. The van der Waals surface area contributed by atoms with Gasteiger partial charge in [-0.1, -0.05) is 12.1 Å². The number of aliphatic hydroxyl groups excluding tert-OH is 1. The monoisotopic (exact) mass is 342 g/mol. The summed E-state index contributed by atoms with van der Waals surface area (Å²) < 4.78 is 11.5. The standard InChI is InChI=1S/C19H22N2O4/c22-12-15-1-3-16(4-2-15)25-18-7-10-24-13-17(18)21-19(23)11-14-5-8-20-9-6-14/h1-6,8-9,17-18,22H,7,10-13H2,(H,21,23)/t17-,18-/m1/s1. The minimum Gasteiger partial charge on any atom is -0.488 e. The van der Waals surface area contributed by atoms with Crippen LogP contribution in [0.15, 0.2) is 48.8 Å². The lowest BCUT2D eigenvalue weighted by molar-refractivity contribution is -0.123. The summed E-state index contributed by atoms with van der Waals surface area (Å²) in [4.78, 5) is 16.2. The molecule has 1 amide bonds. The molecule has 6 nitrogen and oxygen atoms in total. The van der Waals surface area contributed by atoms with E-state index in [9.17, 15) is 4.79 Å². The number of benzene rings is 1. The normalized spacial score (nSPS) is 20.0. The molecule has 2 N–H and O–H groups in total. The van der Waals surface area contributed by atoms with Gasteiger partial charge in [0.15, 0.2) is 0 Å². The van der Waals surface area contributed by atoms with Crippen molar-refractivity contribution in [3.63, 3.8) is 0 Å². The molecule has 6 heteroatoms. The molecule has 1 saturated heterocycles. The van der Waals surface area contributed by atoms with Crippen LogP contribution in [-0.4, -0.2) is 41.4 Å². The molecule has 1 aromatic heterocycles. The van der Waals surface area contributed by atoms with Crippen LogP contribution in [0.1, 0.15) is 17.5 Å². The first-order valence-electron chi connectivity index (χ1n) is 8.37. The first-order valence-corrected chi connectivity index (χ1v) is 8.37. The summed E-state index contributed by atoms with van der Waals surface area (Å²) in [5, 5.41) is 12.1. The molecule has 132 valence electrons. The third kappa shape index (κ3) is 5.01. The van der Waals surface area contributed by atoms with Crippen LogP contribution < -0.4 is 10.1 Å². The lowest BCUT2D eigenvalue weighted by Gasteiger charge is -2.32. The van der Waals surface area contributed by atoms with Crippen LogP contribution in [0.2, 0.25) is 0 Å². The summed E-state index contributed by atoms with van der Waals surface area (Å²) in [6, 6.07) is 10.8. The van der Waals surface area contributed by atoms with Gasteiger partial charge in [0, 0.05) is 18.8 Å². The summed E-state index contributed by atoms with van der Waals surface area (Å²) in [5.74, 6) is 0.656. The summed E-state index contributed by atoms with van der Waals surface area (Å²) in [5.41, 5.74) is 1.75. The number of aromatic nitrogens is 1. The van der Waals surface area contributed by atoms with Gasteiger partial charge in [-0.15, -0.1) is 0 Å². The van der Waals surface area contributed by atoms with Crippen LogP contribution >= 0.6 is 0 Å². The topological polar surface area (TPSA) is 80.7 Å². The summed E-state index contributed by atoms with van der Waals surface area (Å²) in [6.07, 6.45) is 4.22. The third-order valence-electron chi connectivity index (χ3n) is 4.15. The first kappa shape index (κ1) is 17.4. The van der Waals surface area contributed by atoms with Crippen molar-refractivity contribution in [2.75, 3.05) is 13.2 Å². The number of aliphatic hydroxyl groups is 1. The fourth-order valence-corrected chi connectivity index (χ4v) is 2.79. The van der Waals surface area contributed by atoms with Crippen LogP contribution in [0.25, 0.3) is 0 Å². The van der Waals surface area contributed by atoms with Gasteiger partial charge in [-0.25, -0.2) is 0 Å². The highest BCUT2D eigenvalue weighted by atomic mass is 16.5. The predicted octanol–water partition coefficient (Wildman–Crippen LogP) is 1.47. The van der Waals surface area contributed by atoms with E-state index in [2.05, 4.69) is 10.3 Å². The number of ether oxygens (including phenoxy) is 2. The Bertz CT molecular complexity index is 676. The minimum absolute atomic E-state index is 0.00520. The molecular weight excluding hydrogens is 320 g/mol. The van der Waals surface area contributed by atoms with Crippen molar-refractivity contribution >= 4 is 5.91 Å². The van der Waals surface area contributed by atoms with Gasteiger partial charge in [-0.05, 0) is 35.4 Å². The van der Waals surface area contributed by atoms with Crippen LogP contribution in [-0.2, 0) is 22.6 Å². The Kier molecular flexibility index (Phi) is 5.98. The second kappa shape index (κ2) is 8.60. The van der Waals surface area contributed by atoms with Crippen molar-refractivity contribution in [1.82, 2.24) is 10.3 Å². The van der Waals surface area contributed by atoms with Gasteiger partial charge in [-0.3, -0.25) is 9.78 Å². The second-order valence-corrected chi connectivity index (χ2v) is 6.03. The van der Waals surface area contributed by atoms with Crippen LogP contribution in [0.4, 0.5) is 0 Å². The molecule has 2 heterocycles. The molecule has 0 bridgehead atoms. The molecule has 2 atom stereocenters. The van der Waals surface area contributed by atoms with Crippen LogP contribution in [0, 0.1) is 0 Å². The molecule has 0 aliphatic carbocycles. The van der Waals surface area contributed by atoms with E-state index in [4.69, 9.17) is 14.6 Å².